The Morgan fingerprint density at radius 3 is 2.65 bits per heavy atom. The molecule has 88 valence electrons. The Morgan fingerprint density at radius 1 is 1.41 bits per heavy atom. The summed E-state index contributed by atoms with van der Waals surface area (Å²) in [6.07, 6.45) is 1.63. The predicted molar refractivity (Wildman–Crippen MR) is 63.4 cm³/mol. The van der Waals surface area contributed by atoms with Gasteiger partial charge in [-0.05, 0) is 12.1 Å². The zero-order valence-corrected chi connectivity index (χ0v) is 8.88. The van der Waals surface area contributed by atoms with Crippen LogP contribution in [0.25, 0.3) is 0 Å². The minimum absolute atomic E-state index is 0.0679. The summed E-state index contributed by atoms with van der Waals surface area (Å²) in [4.78, 5) is 10.0. The van der Waals surface area contributed by atoms with Crippen molar-refractivity contribution in [1.82, 2.24) is 10.2 Å². The van der Waals surface area contributed by atoms with Crippen LogP contribution in [0.1, 0.15) is 5.56 Å². The van der Waals surface area contributed by atoms with Gasteiger partial charge < -0.3 is 11.1 Å². The number of nitro benzene ring substituents is 1. The van der Waals surface area contributed by atoms with Gasteiger partial charge in [0.1, 0.15) is 5.82 Å². The first kappa shape index (κ1) is 10.9. The van der Waals surface area contributed by atoms with Gasteiger partial charge in [0.05, 0.1) is 11.1 Å². The van der Waals surface area contributed by atoms with Gasteiger partial charge in [-0.15, -0.1) is 0 Å². The predicted octanol–water partition coefficient (Wildman–Crippen LogP) is 1.51. The number of nitrogens with two attached hydrogens (primary N) is 1. The van der Waals surface area contributed by atoms with Gasteiger partial charge in [0.25, 0.3) is 5.69 Å². The maximum Gasteiger partial charge on any atom is 0.269 e. The molecule has 0 bridgehead atoms. The molecule has 0 radical (unpaired) electrons. The molecule has 0 amide bonds. The second-order valence-corrected chi connectivity index (χ2v) is 3.47. The van der Waals surface area contributed by atoms with Gasteiger partial charge in [0.15, 0.2) is 0 Å². The molecule has 0 saturated heterocycles. The Labute approximate surface area is 96.8 Å². The van der Waals surface area contributed by atoms with E-state index in [9.17, 15) is 10.1 Å². The third-order valence-corrected chi connectivity index (χ3v) is 2.31. The smallest absolute Gasteiger partial charge is 0.269 e. The van der Waals surface area contributed by atoms with E-state index in [1.54, 1.807) is 18.3 Å². The van der Waals surface area contributed by atoms with Crippen molar-refractivity contribution >= 4 is 17.2 Å². The van der Waals surface area contributed by atoms with Crippen LogP contribution in [0.5, 0.6) is 0 Å². The largest absolute Gasteiger partial charge is 0.384 e. The molecule has 0 aliphatic rings. The fourth-order valence-electron chi connectivity index (χ4n) is 1.36. The van der Waals surface area contributed by atoms with Crippen molar-refractivity contribution in [3.05, 3.63) is 46.1 Å². The van der Waals surface area contributed by atoms with Crippen molar-refractivity contribution in [1.29, 1.82) is 0 Å². The van der Waals surface area contributed by atoms with E-state index >= 15 is 0 Å². The molecule has 7 nitrogen and oxygen atoms in total. The van der Waals surface area contributed by atoms with Crippen LogP contribution in [0.15, 0.2) is 30.5 Å². The van der Waals surface area contributed by atoms with Gasteiger partial charge in [-0.3, -0.25) is 15.2 Å². The lowest BCUT2D eigenvalue weighted by atomic mass is 10.2. The number of nitrogen functional groups attached to an aromatic ring is 1. The summed E-state index contributed by atoms with van der Waals surface area (Å²) in [6.45, 7) is 0.514. The van der Waals surface area contributed by atoms with Crippen molar-refractivity contribution in [2.45, 2.75) is 6.54 Å². The molecule has 0 fully saturated rings. The van der Waals surface area contributed by atoms with Gasteiger partial charge in [0.2, 0.25) is 0 Å². The zero-order chi connectivity index (χ0) is 12.3. The number of non-ortho nitro benzene ring substituents is 1. The molecule has 2 aromatic rings. The zero-order valence-electron chi connectivity index (χ0n) is 8.88. The number of anilines is 2. The van der Waals surface area contributed by atoms with Crippen molar-refractivity contribution in [3.8, 4) is 0 Å². The first-order valence-corrected chi connectivity index (χ1v) is 4.93. The average molecular weight is 233 g/mol. The summed E-state index contributed by atoms with van der Waals surface area (Å²) in [6, 6.07) is 6.19. The maximum atomic E-state index is 10.5. The van der Waals surface area contributed by atoms with E-state index < -0.39 is 4.92 Å². The van der Waals surface area contributed by atoms with Crippen molar-refractivity contribution in [3.63, 3.8) is 0 Å². The SMILES string of the molecule is Nc1[nH]ncc1CNc1ccc([N+](=O)[O-])cc1. The van der Waals surface area contributed by atoms with E-state index in [0.29, 0.717) is 12.4 Å². The fraction of sp³-hybridized carbons (Fsp3) is 0.100. The van der Waals surface area contributed by atoms with Gasteiger partial charge >= 0.3 is 0 Å². The molecule has 0 spiro atoms. The number of aromatic nitrogens is 2. The summed E-state index contributed by atoms with van der Waals surface area (Å²) < 4.78 is 0. The van der Waals surface area contributed by atoms with Crippen LogP contribution in [0.4, 0.5) is 17.2 Å². The summed E-state index contributed by atoms with van der Waals surface area (Å²) >= 11 is 0. The lowest BCUT2D eigenvalue weighted by Gasteiger charge is -2.04. The summed E-state index contributed by atoms with van der Waals surface area (Å²) in [5.74, 6) is 0.513. The van der Waals surface area contributed by atoms with E-state index in [1.807, 2.05) is 0 Å². The quantitative estimate of drug-likeness (QED) is 0.547. The second-order valence-electron chi connectivity index (χ2n) is 3.47. The molecule has 1 aromatic carbocycles. The van der Waals surface area contributed by atoms with Crippen LogP contribution >= 0.6 is 0 Å². The normalized spacial score (nSPS) is 10.1. The molecule has 1 aromatic heterocycles. The molecule has 4 N–H and O–H groups in total. The third-order valence-electron chi connectivity index (χ3n) is 2.31. The molecular weight excluding hydrogens is 222 g/mol. The highest BCUT2D eigenvalue weighted by Crippen LogP contribution is 2.16. The number of nitrogens with zero attached hydrogens (tertiary/aromatic N) is 2. The van der Waals surface area contributed by atoms with Crippen LogP contribution in [-0.2, 0) is 6.54 Å². The fourth-order valence-corrected chi connectivity index (χ4v) is 1.36. The minimum Gasteiger partial charge on any atom is -0.384 e. The van der Waals surface area contributed by atoms with E-state index in [4.69, 9.17) is 5.73 Å². The van der Waals surface area contributed by atoms with Crippen LogP contribution in [0.3, 0.4) is 0 Å². The summed E-state index contributed by atoms with van der Waals surface area (Å²) in [5, 5.41) is 20.0. The van der Waals surface area contributed by atoms with Gasteiger partial charge in [-0.2, -0.15) is 5.10 Å². The molecule has 0 atom stereocenters. The van der Waals surface area contributed by atoms with Gasteiger partial charge in [0, 0.05) is 29.9 Å². The summed E-state index contributed by atoms with van der Waals surface area (Å²) in [5.41, 5.74) is 7.33. The number of aromatic amines is 1. The Hall–Kier alpha value is -2.57. The van der Waals surface area contributed by atoms with Crippen molar-refractivity contribution in [2.75, 3.05) is 11.1 Å². The number of benzene rings is 1. The van der Waals surface area contributed by atoms with Crippen molar-refractivity contribution < 1.29 is 4.92 Å². The molecule has 1 heterocycles. The molecule has 0 aliphatic heterocycles. The van der Waals surface area contributed by atoms with Crippen LogP contribution in [0, 0.1) is 10.1 Å². The van der Waals surface area contributed by atoms with Crippen LogP contribution in [-0.4, -0.2) is 15.1 Å². The first-order valence-electron chi connectivity index (χ1n) is 4.93. The Morgan fingerprint density at radius 2 is 2.12 bits per heavy atom. The van der Waals surface area contributed by atoms with E-state index in [0.717, 1.165) is 11.3 Å². The lowest BCUT2D eigenvalue weighted by Crippen LogP contribution is -2.01. The molecule has 0 unspecified atom stereocenters. The molecule has 2 rings (SSSR count). The maximum absolute atomic E-state index is 10.5. The number of hydrogen-bond acceptors (Lipinski definition) is 5. The monoisotopic (exact) mass is 233 g/mol. The van der Waals surface area contributed by atoms with Crippen LogP contribution in [0.2, 0.25) is 0 Å². The second kappa shape index (κ2) is 4.52. The summed E-state index contributed by atoms with van der Waals surface area (Å²) in [7, 11) is 0. The molecule has 7 heteroatoms. The Balaban J connectivity index is 2.00. The standard InChI is InChI=1S/C10H11N5O2/c11-10-7(6-13-14-10)5-12-8-1-3-9(4-2-8)15(16)17/h1-4,6,12H,5H2,(H3,11,13,14). The van der Waals surface area contributed by atoms with Gasteiger partial charge in [-0.25, -0.2) is 0 Å². The highest BCUT2D eigenvalue weighted by atomic mass is 16.6. The Bertz CT molecular complexity index is 520. The average Bonchev–Trinajstić information content (AvgIpc) is 2.73. The molecule has 17 heavy (non-hydrogen) atoms. The number of nitro groups is 1. The highest BCUT2D eigenvalue weighted by Gasteiger charge is 2.04. The molecule has 0 saturated carbocycles. The third kappa shape index (κ3) is 2.51. The lowest BCUT2D eigenvalue weighted by molar-refractivity contribution is -0.384. The van der Waals surface area contributed by atoms with E-state index in [-0.39, 0.29) is 5.69 Å². The number of rotatable bonds is 4. The Kier molecular flexibility index (Phi) is 2.91. The van der Waals surface area contributed by atoms with E-state index in [2.05, 4.69) is 15.5 Å². The molecular formula is C10H11N5O2. The number of H-pyrrole nitrogens is 1. The topological polar surface area (TPSA) is 110 Å². The highest BCUT2D eigenvalue weighted by molar-refractivity contribution is 5.50. The van der Waals surface area contributed by atoms with E-state index in [1.165, 1.54) is 12.1 Å². The molecule has 0 aliphatic carbocycles. The van der Waals surface area contributed by atoms with Crippen LogP contribution < -0.4 is 11.1 Å². The van der Waals surface area contributed by atoms with Gasteiger partial charge in [-0.1, -0.05) is 0 Å². The number of nitrogens with one attached hydrogen (secondary N) is 2. The first-order chi connectivity index (χ1) is 8.16. The van der Waals surface area contributed by atoms with Crippen molar-refractivity contribution in [2.24, 2.45) is 0 Å². The minimum atomic E-state index is -0.433. The number of hydrogen-bond donors (Lipinski definition) is 3.